The van der Waals surface area contributed by atoms with E-state index < -0.39 is 0 Å². The first-order chi connectivity index (χ1) is 17.1. The summed E-state index contributed by atoms with van der Waals surface area (Å²) in [5, 5.41) is 3.08. The van der Waals surface area contributed by atoms with Crippen molar-refractivity contribution in [3.8, 4) is 11.5 Å². The molecule has 0 saturated heterocycles. The highest BCUT2D eigenvalue weighted by Gasteiger charge is 2.17. The molecule has 5 heteroatoms. The molecular formula is C31H40N2O3. The molecular weight excluding hydrogens is 448 g/mol. The van der Waals surface area contributed by atoms with Gasteiger partial charge in [0.1, 0.15) is 0 Å². The Balaban J connectivity index is 1.78. The minimum atomic E-state index is -0.118. The molecule has 0 radical (unpaired) electrons. The fourth-order valence-electron chi connectivity index (χ4n) is 4.04. The number of anilines is 1. The number of methoxy groups -OCH3 is 2. The molecule has 0 spiro atoms. The lowest BCUT2D eigenvalue weighted by Gasteiger charge is -2.25. The zero-order chi connectivity index (χ0) is 26.3. The lowest BCUT2D eigenvalue weighted by Crippen LogP contribution is -2.36. The third kappa shape index (κ3) is 7.27. The molecule has 0 heterocycles. The minimum Gasteiger partial charge on any atom is -0.493 e. The number of carbonyl (C=O) groups excluding carboxylic acids is 1. The van der Waals surface area contributed by atoms with E-state index in [9.17, 15) is 4.79 Å². The molecule has 0 aliphatic carbocycles. The van der Waals surface area contributed by atoms with Crippen molar-refractivity contribution in [2.75, 3.05) is 26.1 Å². The van der Waals surface area contributed by atoms with Gasteiger partial charge in [0.2, 0.25) is 0 Å². The summed E-state index contributed by atoms with van der Waals surface area (Å²) in [4.78, 5) is 15.2. The molecule has 0 aromatic heterocycles. The molecule has 0 aliphatic rings. The molecule has 3 aromatic rings. The van der Waals surface area contributed by atoms with E-state index in [4.69, 9.17) is 9.47 Å². The quantitative estimate of drug-likeness (QED) is 0.341. The number of hydrogen-bond acceptors (Lipinski definition) is 3. The Hall–Kier alpha value is -3.47. The van der Waals surface area contributed by atoms with Gasteiger partial charge in [0.25, 0.3) is 0 Å². The Bertz CT molecular complexity index is 1130. The van der Waals surface area contributed by atoms with Gasteiger partial charge in [0, 0.05) is 18.8 Å². The van der Waals surface area contributed by atoms with Crippen LogP contribution in [0.15, 0.2) is 66.7 Å². The largest absolute Gasteiger partial charge is 0.493 e. The van der Waals surface area contributed by atoms with Crippen molar-refractivity contribution < 1.29 is 14.3 Å². The van der Waals surface area contributed by atoms with E-state index >= 15 is 0 Å². The van der Waals surface area contributed by atoms with Crippen molar-refractivity contribution in [2.24, 2.45) is 0 Å². The van der Waals surface area contributed by atoms with Gasteiger partial charge in [-0.15, -0.1) is 0 Å². The molecule has 3 rings (SSSR count). The van der Waals surface area contributed by atoms with Gasteiger partial charge >= 0.3 is 6.03 Å². The van der Waals surface area contributed by atoms with Gasteiger partial charge in [-0.05, 0) is 64.3 Å². The number of nitrogens with one attached hydrogen (secondary N) is 1. The molecule has 0 unspecified atom stereocenters. The van der Waals surface area contributed by atoms with Gasteiger partial charge in [0.15, 0.2) is 11.5 Å². The number of urea groups is 1. The van der Waals surface area contributed by atoms with Gasteiger partial charge in [-0.2, -0.15) is 0 Å². The first-order valence-corrected chi connectivity index (χ1v) is 12.6. The second kappa shape index (κ2) is 12.0. The molecule has 0 atom stereocenters. The molecule has 1 N–H and O–H groups in total. The van der Waals surface area contributed by atoms with Crippen molar-refractivity contribution in [1.29, 1.82) is 0 Å². The van der Waals surface area contributed by atoms with Crippen molar-refractivity contribution in [1.82, 2.24) is 4.90 Å². The molecule has 2 amide bonds. The SMILES string of the molecule is COc1ccc(CCN(Cc2ccc(C(C)(C)C)cc2)C(=O)Nc2ccc(C(C)C)cc2)cc1OC. The lowest BCUT2D eigenvalue weighted by atomic mass is 9.87. The van der Waals surface area contributed by atoms with E-state index in [1.54, 1.807) is 14.2 Å². The topological polar surface area (TPSA) is 50.8 Å². The van der Waals surface area contributed by atoms with Gasteiger partial charge in [-0.3, -0.25) is 0 Å². The second-order valence-corrected chi connectivity index (χ2v) is 10.5. The summed E-state index contributed by atoms with van der Waals surface area (Å²) in [7, 11) is 3.26. The smallest absolute Gasteiger partial charge is 0.322 e. The predicted molar refractivity (Wildman–Crippen MR) is 148 cm³/mol. The average molecular weight is 489 g/mol. The van der Waals surface area contributed by atoms with E-state index in [-0.39, 0.29) is 11.4 Å². The highest BCUT2D eigenvalue weighted by atomic mass is 16.5. The summed E-state index contributed by atoms with van der Waals surface area (Å²) in [5.74, 6) is 1.83. The van der Waals surface area contributed by atoms with Crippen LogP contribution in [-0.2, 0) is 18.4 Å². The molecule has 0 saturated carbocycles. The zero-order valence-corrected chi connectivity index (χ0v) is 22.7. The van der Waals surface area contributed by atoms with Crippen LogP contribution in [0.1, 0.15) is 62.8 Å². The molecule has 192 valence electrons. The van der Waals surface area contributed by atoms with Crippen LogP contribution in [0.4, 0.5) is 10.5 Å². The summed E-state index contributed by atoms with van der Waals surface area (Å²) >= 11 is 0. The summed E-state index contributed by atoms with van der Waals surface area (Å²) in [6.07, 6.45) is 0.695. The molecule has 36 heavy (non-hydrogen) atoms. The number of ether oxygens (including phenoxy) is 2. The van der Waals surface area contributed by atoms with E-state index in [2.05, 4.69) is 76.3 Å². The van der Waals surface area contributed by atoms with Crippen LogP contribution in [0.5, 0.6) is 11.5 Å². The molecule has 0 bridgehead atoms. The van der Waals surface area contributed by atoms with Crippen LogP contribution in [0.3, 0.4) is 0 Å². The Kier molecular flexibility index (Phi) is 9.03. The summed E-state index contributed by atoms with van der Waals surface area (Å²) in [6, 6.07) is 22.4. The van der Waals surface area contributed by atoms with Crippen LogP contribution >= 0.6 is 0 Å². The molecule has 0 fully saturated rings. The Morgan fingerprint density at radius 1 is 0.861 bits per heavy atom. The molecule has 0 aliphatic heterocycles. The number of benzene rings is 3. The summed E-state index contributed by atoms with van der Waals surface area (Å²) < 4.78 is 10.8. The van der Waals surface area contributed by atoms with Crippen LogP contribution in [0.25, 0.3) is 0 Å². The maximum absolute atomic E-state index is 13.4. The Morgan fingerprint density at radius 2 is 1.47 bits per heavy atom. The van der Waals surface area contributed by atoms with E-state index in [0.29, 0.717) is 36.9 Å². The highest BCUT2D eigenvalue weighted by Crippen LogP contribution is 2.28. The second-order valence-electron chi connectivity index (χ2n) is 10.5. The van der Waals surface area contributed by atoms with Crippen LogP contribution in [0.2, 0.25) is 0 Å². The van der Waals surface area contributed by atoms with Crippen LogP contribution < -0.4 is 14.8 Å². The minimum absolute atomic E-state index is 0.0885. The maximum Gasteiger partial charge on any atom is 0.322 e. The monoisotopic (exact) mass is 488 g/mol. The fourth-order valence-corrected chi connectivity index (χ4v) is 4.04. The van der Waals surface area contributed by atoms with Gasteiger partial charge < -0.3 is 19.7 Å². The Labute approximate surface area is 216 Å². The average Bonchev–Trinajstić information content (AvgIpc) is 2.86. The number of carbonyl (C=O) groups is 1. The lowest BCUT2D eigenvalue weighted by molar-refractivity contribution is 0.209. The molecule has 5 nitrogen and oxygen atoms in total. The molecule has 3 aromatic carbocycles. The third-order valence-electron chi connectivity index (χ3n) is 6.43. The van der Waals surface area contributed by atoms with Crippen molar-refractivity contribution in [2.45, 2.75) is 58.9 Å². The fraction of sp³-hybridized carbons (Fsp3) is 0.387. The Morgan fingerprint density at radius 3 is 2.03 bits per heavy atom. The van der Waals surface area contributed by atoms with E-state index in [0.717, 1.165) is 16.8 Å². The number of nitrogens with zero attached hydrogens (tertiary/aromatic N) is 1. The third-order valence-corrected chi connectivity index (χ3v) is 6.43. The van der Waals surface area contributed by atoms with E-state index in [1.165, 1.54) is 11.1 Å². The summed E-state index contributed by atoms with van der Waals surface area (Å²) in [6.45, 7) is 12.0. The van der Waals surface area contributed by atoms with Gasteiger partial charge in [0.05, 0.1) is 14.2 Å². The maximum atomic E-state index is 13.4. The van der Waals surface area contributed by atoms with Crippen molar-refractivity contribution in [3.63, 3.8) is 0 Å². The predicted octanol–water partition coefficient (Wildman–Crippen LogP) is 7.40. The number of hydrogen-bond donors (Lipinski definition) is 1. The van der Waals surface area contributed by atoms with E-state index in [1.807, 2.05) is 35.2 Å². The summed E-state index contributed by atoms with van der Waals surface area (Å²) in [5.41, 5.74) is 5.58. The number of amides is 2. The standard InChI is InChI=1S/C31H40N2O3/c1-22(2)25-11-15-27(16-12-25)32-30(34)33(21-24-8-13-26(14-9-24)31(3,4)5)19-18-23-10-17-28(35-6)29(20-23)36-7/h8-17,20,22H,18-19,21H2,1-7H3,(H,32,34). The van der Waals surface area contributed by atoms with Crippen molar-refractivity contribution >= 4 is 11.7 Å². The van der Waals surface area contributed by atoms with Crippen molar-refractivity contribution in [3.05, 3.63) is 89.0 Å². The van der Waals surface area contributed by atoms with Gasteiger partial charge in [-0.25, -0.2) is 4.79 Å². The van der Waals surface area contributed by atoms with Crippen LogP contribution in [0, 0.1) is 0 Å². The van der Waals surface area contributed by atoms with Gasteiger partial charge in [-0.1, -0.05) is 77.1 Å². The zero-order valence-electron chi connectivity index (χ0n) is 22.7. The number of rotatable bonds is 9. The van der Waals surface area contributed by atoms with Crippen LogP contribution in [-0.4, -0.2) is 31.7 Å². The first-order valence-electron chi connectivity index (χ1n) is 12.6. The normalized spacial score (nSPS) is 11.3. The highest BCUT2D eigenvalue weighted by molar-refractivity contribution is 5.89. The first kappa shape index (κ1) is 27.1.